The summed E-state index contributed by atoms with van der Waals surface area (Å²) in [6.45, 7) is 2.10. The lowest BCUT2D eigenvalue weighted by Gasteiger charge is -1.94. The number of aryl methyl sites for hydroxylation is 1. The Morgan fingerprint density at radius 3 is 3.07 bits per heavy atom. The number of thioether (sulfide) groups is 1. The maximum atomic E-state index is 11.7. The van der Waals surface area contributed by atoms with Crippen molar-refractivity contribution in [1.29, 1.82) is 0 Å². The van der Waals surface area contributed by atoms with Crippen LogP contribution >= 0.6 is 11.8 Å². The minimum atomic E-state index is -1.61. The first kappa shape index (κ1) is 12.2. The van der Waals surface area contributed by atoms with Crippen LogP contribution in [0.25, 0.3) is 0 Å². The fourth-order valence-corrected chi connectivity index (χ4v) is 1.89. The highest BCUT2D eigenvalue weighted by molar-refractivity contribution is 7.99. The third kappa shape index (κ3) is 4.97. The molecule has 0 saturated heterocycles. The number of halogens is 2. The van der Waals surface area contributed by atoms with Gasteiger partial charge in [-0.2, -0.15) is 8.78 Å². The second-order valence-corrected chi connectivity index (χ2v) is 4.18. The SMILES string of the molecule is CCCc1cnc(SCCC=C(F)F)[nH]1. The number of imidazole rings is 1. The monoisotopic (exact) mass is 232 g/mol. The summed E-state index contributed by atoms with van der Waals surface area (Å²) in [5.74, 6) is 0.621. The fourth-order valence-electron chi connectivity index (χ4n) is 1.13. The summed E-state index contributed by atoms with van der Waals surface area (Å²) in [6.07, 6.45) is 3.55. The van der Waals surface area contributed by atoms with Crippen molar-refractivity contribution < 1.29 is 8.78 Å². The van der Waals surface area contributed by atoms with E-state index < -0.39 is 6.08 Å². The van der Waals surface area contributed by atoms with Crippen molar-refractivity contribution in [2.45, 2.75) is 31.3 Å². The Balaban J connectivity index is 2.28. The van der Waals surface area contributed by atoms with Gasteiger partial charge in [-0.3, -0.25) is 0 Å². The van der Waals surface area contributed by atoms with E-state index in [2.05, 4.69) is 16.9 Å². The summed E-state index contributed by atoms with van der Waals surface area (Å²) in [7, 11) is 0. The minimum absolute atomic E-state index is 0.372. The Labute approximate surface area is 92.2 Å². The maximum absolute atomic E-state index is 11.7. The van der Waals surface area contributed by atoms with Crippen LogP contribution in [-0.4, -0.2) is 15.7 Å². The number of aromatic nitrogens is 2. The van der Waals surface area contributed by atoms with E-state index in [0.29, 0.717) is 12.2 Å². The molecule has 5 heteroatoms. The quantitative estimate of drug-likeness (QED) is 0.599. The van der Waals surface area contributed by atoms with E-state index in [1.54, 1.807) is 6.20 Å². The molecule has 0 aliphatic heterocycles. The number of aromatic amines is 1. The molecule has 1 N–H and O–H groups in total. The van der Waals surface area contributed by atoms with Gasteiger partial charge in [0.15, 0.2) is 5.16 Å². The van der Waals surface area contributed by atoms with Crippen LogP contribution in [0.2, 0.25) is 0 Å². The average molecular weight is 232 g/mol. The van der Waals surface area contributed by atoms with Gasteiger partial charge >= 0.3 is 0 Å². The van der Waals surface area contributed by atoms with E-state index >= 15 is 0 Å². The van der Waals surface area contributed by atoms with Crippen molar-refractivity contribution >= 4 is 11.8 Å². The lowest BCUT2D eigenvalue weighted by Crippen LogP contribution is -1.83. The molecule has 0 spiro atoms. The topological polar surface area (TPSA) is 28.7 Å². The van der Waals surface area contributed by atoms with Crippen LogP contribution < -0.4 is 0 Å². The molecule has 1 rings (SSSR count). The lowest BCUT2D eigenvalue weighted by molar-refractivity contribution is 0.418. The van der Waals surface area contributed by atoms with Gasteiger partial charge in [0.05, 0.1) is 0 Å². The van der Waals surface area contributed by atoms with Crippen molar-refractivity contribution in [2.24, 2.45) is 0 Å². The first-order chi connectivity index (χ1) is 7.22. The van der Waals surface area contributed by atoms with Crippen molar-refractivity contribution in [3.05, 3.63) is 24.0 Å². The third-order valence-electron chi connectivity index (χ3n) is 1.78. The standard InChI is InChI=1S/C10H14F2N2S/c1-2-4-8-7-13-10(14-8)15-6-3-5-9(11)12/h5,7H,2-4,6H2,1H3,(H,13,14). The van der Waals surface area contributed by atoms with Gasteiger partial charge in [0.25, 0.3) is 6.08 Å². The molecule has 0 aliphatic rings. The molecule has 1 aromatic rings. The second-order valence-electron chi connectivity index (χ2n) is 3.09. The maximum Gasteiger partial charge on any atom is 0.266 e. The van der Waals surface area contributed by atoms with Crippen LogP contribution in [0.1, 0.15) is 25.5 Å². The zero-order valence-corrected chi connectivity index (χ0v) is 9.41. The third-order valence-corrected chi connectivity index (χ3v) is 2.70. The Kier molecular flexibility index (Phi) is 5.39. The zero-order valence-electron chi connectivity index (χ0n) is 8.59. The number of allylic oxidation sites excluding steroid dienone is 1. The number of hydrogen-bond donors (Lipinski definition) is 1. The van der Waals surface area contributed by atoms with Crippen LogP contribution in [-0.2, 0) is 6.42 Å². The van der Waals surface area contributed by atoms with Gasteiger partial charge in [0.2, 0.25) is 0 Å². The molecule has 0 aromatic carbocycles. The highest BCUT2D eigenvalue weighted by atomic mass is 32.2. The molecule has 84 valence electrons. The molecule has 0 unspecified atom stereocenters. The molecular formula is C10H14F2N2S. The molecule has 15 heavy (non-hydrogen) atoms. The van der Waals surface area contributed by atoms with Crippen molar-refractivity contribution in [2.75, 3.05) is 5.75 Å². The van der Waals surface area contributed by atoms with Gasteiger partial charge in [-0.1, -0.05) is 25.1 Å². The van der Waals surface area contributed by atoms with E-state index in [1.807, 2.05) is 0 Å². The Bertz CT molecular complexity index is 319. The number of nitrogens with zero attached hydrogens (tertiary/aromatic N) is 1. The van der Waals surface area contributed by atoms with E-state index in [0.717, 1.165) is 29.8 Å². The molecule has 2 nitrogen and oxygen atoms in total. The van der Waals surface area contributed by atoms with E-state index in [4.69, 9.17) is 0 Å². The average Bonchev–Trinajstić information content (AvgIpc) is 2.61. The smallest absolute Gasteiger partial charge is 0.266 e. The summed E-state index contributed by atoms with van der Waals surface area (Å²) < 4.78 is 23.4. The molecule has 0 saturated carbocycles. The van der Waals surface area contributed by atoms with Crippen LogP contribution in [0.5, 0.6) is 0 Å². The zero-order chi connectivity index (χ0) is 11.1. The molecule has 0 amide bonds. The van der Waals surface area contributed by atoms with E-state index in [-0.39, 0.29) is 0 Å². The summed E-state index contributed by atoms with van der Waals surface area (Å²) in [4.78, 5) is 7.30. The van der Waals surface area contributed by atoms with Crippen molar-refractivity contribution in [1.82, 2.24) is 9.97 Å². The Morgan fingerprint density at radius 1 is 1.60 bits per heavy atom. The van der Waals surface area contributed by atoms with Gasteiger partial charge in [0.1, 0.15) is 0 Å². The molecule has 0 atom stereocenters. The van der Waals surface area contributed by atoms with Crippen LogP contribution in [0.3, 0.4) is 0 Å². The summed E-state index contributed by atoms with van der Waals surface area (Å²) in [5, 5.41) is 0.811. The van der Waals surface area contributed by atoms with Gasteiger partial charge in [-0.15, -0.1) is 0 Å². The van der Waals surface area contributed by atoms with Crippen molar-refractivity contribution in [3.8, 4) is 0 Å². The largest absolute Gasteiger partial charge is 0.337 e. The Hall–Kier alpha value is -0.840. The number of hydrogen-bond acceptors (Lipinski definition) is 2. The summed E-state index contributed by atoms with van der Waals surface area (Å²) in [5.41, 5.74) is 1.10. The molecule has 1 aromatic heterocycles. The van der Waals surface area contributed by atoms with Gasteiger partial charge in [-0.05, 0) is 18.9 Å². The van der Waals surface area contributed by atoms with Gasteiger partial charge in [-0.25, -0.2) is 4.98 Å². The lowest BCUT2D eigenvalue weighted by atomic mass is 10.3. The predicted octanol–water partition coefficient (Wildman–Crippen LogP) is 3.62. The van der Waals surface area contributed by atoms with Crippen LogP contribution in [0.15, 0.2) is 23.5 Å². The number of H-pyrrole nitrogens is 1. The fraction of sp³-hybridized carbons (Fsp3) is 0.500. The van der Waals surface area contributed by atoms with E-state index in [1.165, 1.54) is 11.8 Å². The van der Waals surface area contributed by atoms with Gasteiger partial charge < -0.3 is 4.98 Å². The number of rotatable bonds is 6. The number of nitrogens with one attached hydrogen (secondary N) is 1. The van der Waals surface area contributed by atoms with Crippen molar-refractivity contribution in [3.63, 3.8) is 0 Å². The minimum Gasteiger partial charge on any atom is -0.337 e. The first-order valence-corrected chi connectivity index (χ1v) is 5.88. The van der Waals surface area contributed by atoms with E-state index in [9.17, 15) is 8.78 Å². The summed E-state index contributed by atoms with van der Waals surface area (Å²) >= 11 is 1.46. The predicted molar refractivity (Wildman–Crippen MR) is 58.2 cm³/mol. The molecule has 0 fully saturated rings. The highest BCUT2D eigenvalue weighted by Crippen LogP contribution is 2.16. The molecule has 1 heterocycles. The van der Waals surface area contributed by atoms with Gasteiger partial charge in [0, 0.05) is 17.6 Å². The highest BCUT2D eigenvalue weighted by Gasteiger charge is 1.99. The Morgan fingerprint density at radius 2 is 2.40 bits per heavy atom. The molecular weight excluding hydrogens is 218 g/mol. The first-order valence-electron chi connectivity index (χ1n) is 4.90. The second kappa shape index (κ2) is 6.61. The van der Waals surface area contributed by atoms with Crippen LogP contribution in [0.4, 0.5) is 8.78 Å². The summed E-state index contributed by atoms with van der Waals surface area (Å²) in [6, 6.07) is 0. The van der Waals surface area contributed by atoms with Crippen LogP contribution in [0, 0.1) is 0 Å². The normalized spacial score (nSPS) is 10.3. The molecule has 0 radical (unpaired) electrons. The molecule has 0 aliphatic carbocycles. The molecule has 0 bridgehead atoms.